The summed E-state index contributed by atoms with van der Waals surface area (Å²) < 4.78 is 32.5. The van der Waals surface area contributed by atoms with E-state index in [1.54, 1.807) is 0 Å². The van der Waals surface area contributed by atoms with E-state index >= 15 is 0 Å². The highest BCUT2D eigenvalue weighted by molar-refractivity contribution is 6.04. The third kappa shape index (κ3) is 4.32. The Hall–Kier alpha value is -3.95. The first-order chi connectivity index (χ1) is 15.1. The summed E-state index contributed by atoms with van der Waals surface area (Å²) in [5.41, 5.74) is 1.19. The minimum Gasteiger partial charge on any atom is -0.493 e. The van der Waals surface area contributed by atoms with E-state index in [1.807, 2.05) is 18.2 Å². The van der Waals surface area contributed by atoms with Crippen LogP contribution in [0.4, 0.5) is 6.01 Å². The van der Waals surface area contributed by atoms with Crippen molar-refractivity contribution in [1.29, 1.82) is 0 Å². The number of rotatable bonds is 7. The van der Waals surface area contributed by atoms with Crippen molar-refractivity contribution in [2.24, 2.45) is 0 Å². The quantitative estimate of drug-likeness (QED) is 0.608. The van der Waals surface area contributed by atoms with Crippen LogP contribution in [0.2, 0.25) is 0 Å². The first-order valence-electron chi connectivity index (χ1n) is 9.43. The second-order valence-electron chi connectivity index (χ2n) is 6.52. The molecule has 10 heteroatoms. The summed E-state index contributed by atoms with van der Waals surface area (Å²) in [4.78, 5) is 12.7. The Balaban J connectivity index is 1.47. The maximum Gasteiger partial charge on any atom is 0.322 e. The smallest absolute Gasteiger partial charge is 0.322 e. The summed E-state index contributed by atoms with van der Waals surface area (Å²) >= 11 is 0. The van der Waals surface area contributed by atoms with Crippen LogP contribution >= 0.6 is 0 Å². The fraction of sp³-hybridized carbons (Fsp3) is 0.286. The Bertz CT molecular complexity index is 1070. The van der Waals surface area contributed by atoms with Crippen LogP contribution in [-0.4, -0.2) is 50.6 Å². The van der Waals surface area contributed by atoms with Crippen LogP contribution in [-0.2, 0) is 6.42 Å². The molecule has 1 N–H and O–H groups in total. The van der Waals surface area contributed by atoms with Crippen molar-refractivity contribution < 1.29 is 32.9 Å². The van der Waals surface area contributed by atoms with Crippen molar-refractivity contribution >= 4 is 11.9 Å². The van der Waals surface area contributed by atoms with Gasteiger partial charge >= 0.3 is 6.01 Å². The molecule has 0 spiro atoms. The van der Waals surface area contributed by atoms with Gasteiger partial charge in [0.1, 0.15) is 13.2 Å². The number of nitrogens with one attached hydrogen (secondary N) is 1. The molecular weight excluding hydrogens is 406 g/mol. The van der Waals surface area contributed by atoms with Gasteiger partial charge in [0.25, 0.3) is 5.91 Å². The zero-order valence-electron chi connectivity index (χ0n) is 17.3. The summed E-state index contributed by atoms with van der Waals surface area (Å²) in [5, 5.41) is 10.5. The van der Waals surface area contributed by atoms with Gasteiger partial charge < -0.3 is 28.1 Å². The lowest BCUT2D eigenvalue weighted by molar-refractivity contribution is 0.102. The number of carbonyl (C=O) groups excluding carboxylic acids is 1. The molecule has 1 aliphatic heterocycles. The van der Waals surface area contributed by atoms with E-state index in [4.69, 9.17) is 28.1 Å². The average molecular weight is 427 g/mol. The van der Waals surface area contributed by atoms with Gasteiger partial charge in [-0.25, -0.2) is 0 Å². The van der Waals surface area contributed by atoms with Crippen LogP contribution in [0.25, 0.3) is 0 Å². The number of carbonyl (C=O) groups is 1. The van der Waals surface area contributed by atoms with Gasteiger partial charge in [-0.1, -0.05) is 11.2 Å². The van der Waals surface area contributed by atoms with Gasteiger partial charge in [-0.2, -0.15) is 0 Å². The summed E-state index contributed by atoms with van der Waals surface area (Å²) in [7, 11) is 4.43. The Morgan fingerprint density at radius 1 is 0.968 bits per heavy atom. The number of benzene rings is 2. The minimum atomic E-state index is -0.464. The second kappa shape index (κ2) is 8.82. The van der Waals surface area contributed by atoms with Crippen molar-refractivity contribution in [1.82, 2.24) is 10.2 Å². The molecule has 0 bridgehead atoms. The molecule has 10 nitrogen and oxygen atoms in total. The topological polar surface area (TPSA) is 114 Å². The predicted octanol–water partition coefficient (Wildman–Crippen LogP) is 2.71. The SMILES string of the molecule is COc1cc(C(=O)Nc2nnc(Cc3ccc4c(c3)OCCO4)o2)cc(OC)c1OC. The average Bonchev–Trinajstić information content (AvgIpc) is 3.24. The Morgan fingerprint density at radius 3 is 2.35 bits per heavy atom. The largest absolute Gasteiger partial charge is 0.493 e. The fourth-order valence-electron chi connectivity index (χ4n) is 3.13. The standard InChI is InChI=1S/C21H21N3O7/c1-26-16-10-13(11-17(27-2)19(16)28-3)20(25)22-21-24-23-18(31-21)9-12-4-5-14-15(8-12)30-7-6-29-14/h4-5,8,10-11H,6-7,9H2,1-3H3,(H,22,24,25). The van der Waals surface area contributed by atoms with E-state index in [0.717, 1.165) is 5.56 Å². The Morgan fingerprint density at radius 2 is 1.68 bits per heavy atom. The number of ether oxygens (including phenoxy) is 5. The molecule has 0 aliphatic carbocycles. The molecule has 1 aromatic heterocycles. The molecule has 4 rings (SSSR count). The molecule has 0 unspecified atom stereocenters. The molecule has 2 heterocycles. The first kappa shape index (κ1) is 20.3. The Labute approximate surface area is 178 Å². The van der Waals surface area contributed by atoms with Crippen molar-refractivity contribution in [2.75, 3.05) is 39.9 Å². The lowest BCUT2D eigenvalue weighted by Gasteiger charge is -2.18. The second-order valence-corrected chi connectivity index (χ2v) is 6.52. The van der Waals surface area contributed by atoms with Gasteiger partial charge in [0.05, 0.1) is 27.8 Å². The predicted molar refractivity (Wildman–Crippen MR) is 109 cm³/mol. The number of aromatic nitrogens is 2. The van der Waals surface area contributed by atoms with E-state index < -0.39 is 5.91 Å². The Kier molecular flexibility index (Phi) is 5.78. The normalized spacial score (nSPS) is 12.2. The van der Waals surface area contributed by atoms with Crippen LogP contribution in [0.15, 0.2) is 34.7 Å². The zero-order valence-corrected chi connectivity index (χ0v) is 17.3. The molecule has 0 radical (unpaired) electrons. The summed E-state index contributed by atoms with van der Waals surface area (Å²) in [5.74, 6) is 2.37. The number of nitrogens with zero attached hydrogens (tertiary/aromatic N) is 2. The number of fused-ring (bicyclic) bond motifs is 1. The number of hydrogen-bond acceptors (Lipinski definition) is 9. The van der Waals surface area contributed by atoms with Crippen molar-refractivity contribution in [3.8, 4) is 28.7 Å². The van der Waals surface area contributed by atoms with Gasteiger partial charge in [-0.3, -0.25) is 10.1 Å². The molecule has 2 aromatic carbocycles. The van der Waals surface area contributed by atoms with Crippen LogP contribution in [0.1, 0.15) is 21.8 Å². The molecular formula is C21H21N3O7. The molecule has 31 heavy (non-hydrogen) atoms. The molecule has 1 aliphatic rings. The molecule has 0 saturated heterocycles. The monoisotopic (exact) mass is 427 g/mol. The van der Waals surface area contributed by atoms with Crippen LogP contribution in [0.3, 0.4) is 0 Å². The van der Waals surface area contributed by atoms with Crippen LogP contribution < -0.4 is 29.0 Å². The minimum absolute atomic E-state index is 0.0219. The number of hydrogen-bond donors (Lipinski definition) is 1. The molecule has 162 valence electrons. The molecule has 3 aromatic rings. The van der Waals surface area contributed by atoms with Crippen molar-refractivity contribution in [2.45, 2.75) is 6.42 Å². The molecule has 1 amide bonds. The zero-order chi connectivity index (χ0) is 21.8. The lowest BCUT2D eigenvalue weighted by Crippen LogP contribution is -2.15. The maximum absolute atomic E-state index is 12.7. The highest BCUT2D eigenvalue weighted by atomic mass is 16.6. The van der Waals surface area contributed by atoms with E-state index in [9.17, 15) is 4.79 Å². The number of amides is 1. The van der Waals surface area contributed by atoms with Gasteiger partial charge in [0.2, 0.25) is 11.6 Å². The van der Waals surface area contributed by atoms with Gasteiger partial charge in [0.15, 0.2) is 23.0 Å². The van der Waals surface area contributed by atoms with E-state index in [1.165, 1.54) is 33.5 Å². The summed E-state index contributed by atoms with van der Waals surface area (Å²) in [6.07, 6.45) is 0.379. The van der Waals surface area contributed by atoms with Crippen LogP contribution in [0, 0.1) is 0 Å². The number of methoxy groups -OCH3 is 3. The lowest BCUT2D eigenvalue weighted by atomic mass is 10.1. The first-order valence-corrected chi connectivity index (χ1v) is 9.43. The third-order valence-electron chi connectivity index (χ3n) is 4.58. The summed E-state index contributed by atoms with van der Waals surface area (Å²) in [6, 6.07) is 8.64. The van der Waals surface area contributed by atoms with Crippen molar-refractivity contribution in [3.63, 3.8) is 0 Å². The third-order valence-corrected chi connectivity index (χ3v) is 4.58. The van der Waals surface area contributed by atoms with Crippen LogP contribution in [0.5, 0.6) is 28.7 Å². The van der Waals surface area contributed by atoms with E-state index in [-0.39, 0.29) is 11.6 Å². The molecule has 0 atom stereocenters. The number of anilines is 1. The van der Waals surface area contributed by atoms with Gasteiger partial charge in [-0.15, -0.1) is 5.10 Å². The van der Waals surface area contributed by atoms with Gasteiger partial charge in [-0.05, 0) is 29.8 Å². The maximum atomic E-state index is 12.7. The van der Waals surface area contributed by atoms with E-state index in [0.29, 0.717) is 54.3 Å². The molecule has 0 saturated carbocycles. The highest BCUT2D eigenvalue weighted by Gasteiger charge is 2.19. The van der Waals surface area contributed by atoms with E-state index in [2.05, 4.69) is 15.5 Å². The van der Waals surface area contributed by atoms with Crippen molar-refractivity contribution in [3.05, 3.63) is 47.3 Å². The highest BCUT2D eigenvalue weighted by Crippen LogP contribution is 2.38. The fourth-order valence-corrected chi connectivity index (χ4v) is 3.13. The molecule has 0 fully saturated rings. The van der Waals surface area contributed by atoms with Gasteiger partial charge in [0, 0.05) is 5.56 Å². The summed E-state index contributed by atoms with van der Waals surface area (Å²) in [6.45, 7) is 1.04.